The molecule has 2 bridgehead atoms. The van der Waals surface area contributed by atoms with E-state index in [4.69, 9.17) is 5.11 Å². The summed E-state index contributed by atoms with van der Waals surface area (Å²) in [4.78, 5) is 25.3. The summed E-state index contributed by atoms with van der Waals surface area (Å²) in [5.41, 5.74) is 0.727. The zero-order valence-corrected chi connectivity index (χ0v) is 18.9. The van der Waals surface area contributed by atoms with E-state index in [2.05, 4.69) is 26.1 Å². The molecule has 2 unspecified atom stereocenters. The van der Waals surface area contributed by atoms with Crippen molar-refractivity contribution in [3.05, 3.63) is 36.0 Å². The molecule has 2 atom stereocenters. The SMILES string of the molecule is CC1(C)CC2CC(C)(CN2S(=O)(=O)c2ccc(NC3=CC(=O)N(CCO)C3=O)cc2)C1. The van der Waals surface area contributed by atoms with Crippen molar-refractivity contribution >= 4 is 27.5 Å². The van der Waals surface area contributed by atoms with Crippen molar-refractivity contribution in [3.8, 4) is 0 Å². The van der Waals surface area contributed by atoms with Gasteiger partial charge in [0.15, 0.2) is 0 Å². The smallest absolute Gasteiger partial charge is 0.277 e. The van der Waals surface area contributed by atoms with Crippen LogP contribution < -0.4 is 5.32 Å². The molecule has 1 aliphatic carbocycles. The number of hydrogen-bond acceptors (Lipinski definition) is 6. The summed E-state index contributed by atoms with van der Waals surface area (Å²) in [6.45, 7) is 6.76. The molecular weight excluding hydrogens is 418 g/mol. The molecule has 9 heteroatoms. The summed E-state index contributed by atoms with van der Waals surface area (Å²) in [7, 11) is -3.63. The fourth-order valence-corrected chi connectivity index (χ4v) is 7.37. The number of nitrogens with one attached hydrogen (secondary N) is 1. The van der Waals surface area contributed by atoms with E-state index in [1.807, 2.05) is 0 Å². The van der Waals surface area contributed by atoms with Crippen LogP contribution in [0.2, 0.25) is 0 Å². The van der Waals surface area contributed by atoms with Crippen molar-refractivity contribution in [3.63, 3.8) is 0 Å². The fourth-order valence-electron chi connectivity index (χ4n) is 5.60. The van der Waals surface area contributed by atoms with Gasteiger partial charge < -0.3 is 10.4 Å². The minimum atomic E-state index is -3.63. The minimum Gasteiger partial charge on any atom is -0.395 e. The van der Waals surface area contributed by atoms with Gasteiger partial charge in [0.25, 0.3) is 11.8 Å². The number of fused-ring (bicyclic) bond motifs is 2. The average molecular weight is 448 g/mol. The highest BCUT2D eigenvalue weighted by molar-refractivity contribution is 7.89. The van der Waals surface area contributed by atoms with E-state index < -0.39 is 21.8 Å². The van der Waals surface area contributed by atoms with Crippen LogP contribution in [0.25, 0.3) is 0 Å². The van der Waals surface area contributed by atoms with Crippen LogP contribution in [0, 0.1) is 10.8 Å². The summed E-state index contributed by atoms with van der Waals surface area (Å²) in [6.07, 6.45) is 3.94. The molecule has 2 N–H and O–H groups in total. The predicted molar refractivity (Wildman–Crippen MR) is 115 cm³/mol. The maximum atomic E-state index is 13.4. The molecule has 2 aliphatic heterocycles. The lowest BCUT2D eigenvalue weighted by molar-refractivity contribution is -0.137. The lowest BCUT2D eigenvalue weighted by Gasteiger charge is -2.39. The molecule has 2 fully saturated rings. The summed E-state index contributed by atoms with van der Waals surface area (Å²) in [5.74, 6) is -1.01. The highest BCUT2D eigenvalue weighted by atomic mass is 32.2. The Hall–Kier alpha value is -2.23. The van der Waals surface area contributed by atoms with E-state index >= 15 is 0 Å². The molecule has 1 aromatic carbocycles. The minimum absolute atomic E-state index is 0.00325. The van der Waals surface area contributed by atoms with Gasteiger partial charge in [-0.15, -0.1) is 0 Å². The molecule has 1 saturated heterocycles. The molecule has 31 heavy (non-hydrogen) atoms. The Morgan fingerprint density at radius 2 is 1.81 bits per heavy atom. The maximum Gasteiger partial charge on any atom is 0.277 e. The zero-order chi connectivity index (χ0) is 22.6. The van der Waals surface area contributed by atoms with Crippen molar-refractivity contribution in [1.82, 2.24) is 9.21 Å². The molecule has 2 amide bonds. The second-order valence-corrected chi connectivity index (χ2v) is 11.9. The van der Waals surface area contributed by atoms with E-state index in [0.29, 0.717) is 12.2 Å². The number of rotatable bonds is 6. The number of aliphatic hydroxyl groups excluding tert-OH is 1. The number of β-amino-alcohol motifs (C(OH)–C–C–N with tert-alkyl or cyclic N) is 1. The summed E-state index contributed by atoms with van der Waals surface area (Å²) >= 11 is 0. The van der Waals surface area contributed by atoms with Crippen LogP contribution in [0.4, 0.5) is 5.69 Å². The van der Waals surface area contributed by atoms with Crippen LogP contribution in [0.15, 0.2) is 40.9 Å². The van der Waals surface area contributed by atoms with Gasteiger partial charge in [-0.2, -0.15) is 4.31 Å². The van der Waals surface area contributed by atoms with Crippen molar-refractivity contribution in [2.45, 2.75) is 51.0 Å². The van der Waals surface area contributed by atoms with Gasteiger partial charge >= 0.3 is 0 Å². The fraction of sp³-hybridized carbons (Fsp3) is 0.545. The number of aliphatic hydroxyl groups is 1. The Labute approximate surface area is 183 Å². The first-order valence-electron chi connectivity index (χ1n) is 10.5. The standard InChI is InChI=1S/C22H29N3O5S/c1-21(2)11-16-12-22(3,13-21)14-25(16)31(29,30)17-6-4-15(5-7-17)23-18-10-19(27)24(8-9-26)20(18)28/h4-7,10,16,23,26H,8-9,11-14H2,1-3H3. The number of benzene rings is 1. The van der Waals surface area contributed by atoms with Crippen LogP contribution in [-0.2, 0) is 19.6 Å². The molecule has 4 rings (SSSR count). The number of amides is 2. The van der Waals surface area contributed by atoms with E-state index in [1.165, 1.54) is 18.2 Å². The van der Waals surface area contributed by atoms with Gasteiger partial charge in [-0.1, -0.05) is 20.8 Å². The number of hydrogen-bond donors (Lipinski definition) is 2. The monoisotopic (exact) mass is 447 g/mol. The Morgan fingerprint density at radius 3 is 2.45 bits per heavy atom. The number of carbonyl (C=O) groups excluding carboxylic acids is 2. The number of sulfonamides is 1. The van der Waals surface area contributed by atoms with Crippen molar-refractivity contribution in [2.24, 2.45) is 10.8 Å². The first-order valence-corrected chi connectivity index (χ1v) is 12.0. The van der Waals surface area contributed by atoms with Gasteiger partial charge in [-0.05, 0) is 54.4 Å². The molecule has 1 saturated carbocycles. The largest absolute Gasteiger partial charge is 0.395 e. The highest BCUT2D eigenvalue weighted by Crippen LogP contribution is 2.53. The second-order valence-electron chi connectivity index (χ2n) is 9.99. The number of carbonyl (C=O) groups is 2. The maximum absolute atomic E-state index is 13.4. The van der Waals surface area contributed by atoms with E-state index in [0.717, 1.165) is 24.2 Å². The predicted octanol–water partition coefficient (Wildman–Crippen LogP) is 1.93. The van der Waals surface area contributed by atoms with Crippen molar-refractivity contribution < 1.29 is 23.1 Å². The van der Waals surface area contributed by atoms with E-state index in [9.17, 15) is 18.0 Å². The average Bonchev–Trinajstić information content (AvgIpc) is 3.08. The van der Waals surface area contributed by atoms with Gasteiger partial charge in [0.2, 0.25) is 10.0 Å². The molecular formula is C22H29N3O5S. The topological polar surface area (TPSA) is 107 Å². The van der Waals surface area contributed by atoms with Crippen LogP contribution in [-0.4, -0.2) is 60.3 Å². The first kappa shape index (κ1) is 22.0. The van der Waals surface area contributed by atoms with Crippen molar-refractivity contribution in [2.75, 3.05) is 25.0 Å². The molecule has 8 nitrogen and oxygen atoms in total. The van der Waals surface area contributed by atoms with Crippen LogP contribution in [0.3, 0.4) is 0 Å². The Kier molecular flexibility index (Phi) is 5.27. The normalized spacial score (nSPS) is 28.2. The molecule has 168 valence electrons. The third-order valence-electron chi connectivity index (χ3n) is 6.44. The Balaban J connectivity index is 1.50. The molecule has 0 radical (unpaired) electrons. The number of anilines is 1. The molecule has 2 heterocycles. The summed E-state index contributed by atoms with van der Waals surface area (Å²) in [6, 6.07) is 6.25. The zero-order valence-electron chi connectivity index (χ0n) is 18.1. The lowest BCUT2D eigenvalue weighted by atomic mass is 9.65. The van der Waals surface area contributed by atoms with Gasteiger partial charge in [0, 0.05) is 24.4 Å². The molecule has 0 spiro atoms. The Bertz CT molecular complexity index is 1050. The van der Waals surface area contributed by atoms with Crippen LogP contribution in [0.1, 0.15) is 40.0 Å². The third kappa shape index (κ3) is 4.02. The van der Waals surface area contributed by atoms with E-state index in [-0.39, 0.29) is 40.6 Å². The number of nitrogens with zero attached hydrogens (tertiary/aromatic N) is 2. The molecule has 1 aromatic rings. The second kappa shape index (κ2) is 7.43. The molecule has 0 aromatic heterocycles. The van der Waals surface area contributed by atoms with Gasteiger partial charge in [0.05, 0.1) is 18.0 Å². The summed E-state index contributed by atoms with van der Waals surface area (Å²) in [5, 5.41) is 11.9. The molecule has 3 aliphatic rings. The van der Waals surface area contributed by atoms with Gasteiger partial charge in [-0.3, -0.25) is 14.5 Å². The quantitative estimate of drug-likeness (QED) is 0.646. The van der Waals surface area contributed by atoms with Gasteiger partial charge in [0.1, 0.15) is 5.70 Å². The highest BCUT2D eigenvalue weighted by Gasteiger charge is 2.53. The third-order valence-corrected chi connectivity index (χ3v) is 8.35. The Morgan fingerprint density at radius 1 is 1.13 bits per heavy atom. The number of imide groups is 1. The van der Waals surface area contributed by atoms with Crippen LogP contribution >= 0.6 is 0 Å². The van der Waals surface area contributed by atoms with Crippen LogP contribution in [0.5, 0.6) is 0 Å². The van der Waals surface area contributed by atoms with Crippen molar-refractivity contribution in [1.29, 1.82) is 0 Å². The first-order chi connectivity index (χ1) is 14.4. The van der Waals surface area contributed by atoms with E-state index in [1.54, 1.807) is 16.4 Å². The lowest BCUT2D eigenvalue weighted by Crippen LogP contribution is -2.37. The summed E-state index contributed by atoms with van der Waals surface area (Å²) < 4.78 is 28.4. The van der Waals surface area contributed by atoms with Gasteiger partial charge in [-0.25, -0.2) is 8.42 Å².